The summed E-state index contributed by atoms with van der Waals surface area (Å²) < 4.78 is 5.33. The first-order valence-corrected chi connectivity index (χ1v) is 8.16. The molecule has 0 saturated carbocycles. The Morgan fingerprint density at radius 3 is 2.40 bits per heavy atom. The smallest absolute Gasteiger partial charge is 0.243 e. The number of carbonyl (C=O) groups excluding carboxylic acids is 2. The van der Waals surface area contributed by atoms with Crippen molar-refractivity contribution >= 4 is 11.7 Å². The van der Waals surface area contributed by atoms with Crippen LogP contribution in [0.3, 0.4) is 0 Å². The summed E-state index contributed by atoms with van der Waals surface area (Å²) in [5, 5.41) is 2.75. The molecule has 2 aromatic carbocycles. The van der Waals surface area contributed by atoms with Gasteiger partial charge in [0.1, 0.15) is 11.5 Å². The number of Topliss-reactive ketones (excluding diaryl/α,β-unsaturated/α-hetero) is 1. The van der Waals surface area contributed by atoms with Crippen LogP contribution in [0, 0.1) is 5.92 Å². The Kier molecular flexibility index (Phi) is 6.52. The molecule has 1 amide bonds. The van der Waals surface area contributed by atoms with Gasteiger partial charge in [0.25, 0.3) is 0 Å². The molecule has 2 atom stereocenters. The highest BCUT2D eigenvalue weighted by Gasteiger charge is 2.29. The standard InChI is InChI=1S/C21H23NO3/c1-4-20(24)22-14-19(15(2)23)21(16-9-6-5-7-10-16)17-11-8-12-18(13-17)25-3/h4-13,19,21H,1,14H2,2-3H3,(H,22,24). The third-order valence-corrected chi connectivity index (χ3v) is 4.22. The van der Waals surface area contributed by atoms with Gasteiger partial charge in [0.2, 0.25) is 5.91 Å². The maximum absolute atomic E-state index is 12.4. The minimum atomic E-state index is -0.390. The number of amides is 1. The second-order valence-electron chi connectivity index (χ2n) is 5.83. The first kappa shape index (κ1) is 18.5. The Morgan fingerprint density at radius 2 is 1.80 bits per heavy atom. The zero-order chi connectivity index (χ0) is 18.2. The average Bonchev–Trinajstić information content (AvgIpc) is 2.65. The van der Waals surface area contributed by atoms with Gasteiger partial charge in [-0.1, -0.05) is 49.0 Å². The van der Waals surface area contributed by atoms with E-state index in [0.717, 1.165) is 16.9 Å². The molecule has 2 aromatic rings. The summed E-state index contributed by atoms with van der Waals surface area (Å²) in [7, 11) is 1.61. The first-order valence-electron chi connectivity index (χ1n) is 8.16. The molecule has 4 nitrogen and oxygen atoms in total. The van der Waals surface area contributed by atoms with Gasteiger partial charge in [-0.3, -0.25) is 9.59 Å². The fourth-order valence-corrected chi connectivity index (χ4v) is 2.93. The van der Waals surface area contributed by atoms with Gasteiger partial charge >= 0.3 is 0 Å². The lowest BCUT2D eigenvalue weighted by Crippen LogP contribution is -2.35. The predicted octanol–water partition coefficient (Wildman–Crippen LogP) is 3.33. The molecule has 0 heterocycles. The van der Waals surface area contributed by atoms with Crippen LogP contribution in [-0.2, 0) is 9.59 Å². The molecular weight excluding hydrogens is 314 g/mol. The van der Waals surface area contributed by atoms with E-state index in [1.54, 1.807) is 14.0 Å². The second-order valence-corrected chi connectivity index (χ2v) is 5.83. The molecular formula is C21H23NO3. The highest BCUT2D eigenvalue weighted by atomic mass is 16.5. The van der Waals surface area contributed by atoms with Gasteiger partial charge in [-0.05, 0) is 36.3 Å². The number of rotatable bonds is 8. The van der Waals surface area contributed by atoms with E-state index in [9.17, 15) is 9.59 Å². The van der Waals surface area contributed by atoms with Crippen molar-refractivity contribution < 1.29 is 14.3 Å². The van der Waals surface area contributed by atoms with Crippen LogP contribution >= 0.6 is 0 Å². The third-order valence-electron chi connectivity index (χ3n) is 4.22. The molecule has 0 saturated heterocycles. The highest BCUT2D eigenvalue weighted by Crippen LogP contribution is 2.34. The molecule has 4 heteroatoms. The summed E-state index contributed by atoms with van der Waals surface area (Å²) in [6, 6.07) is 17.5. The van der Waals surface area contributed by atoms with E-state index < -0.39 is 5.92 Å². The van der Waals surface area contributed by atoms with Gasteiger partial charge in [0.05, 0.1) is 7.11 Å². The zero-order valence-electron chi connectivity index (χ0n) is 14.6. The molecule has 0 spiro atoms. The van der Waals surface area contributed by atoms with E-state index in [0.29, 0.717) is 0 Å². The van der Waals surface area contributed by atoms with Gasteiger partial charge in [-0.25, -0.2) is 0 Å². The number of benzene rings is 2. The molecule has 1 N–H and O–H groups in total. The van der Waals surface area contributed by atoms with Crippen LogP contribution in [0.5, 0.6) is 5.75 Å². The number of nitrogens with one attached hydrogen (secondary N) is 1. The van der Waals surface area contributed by atoms with Crippen LogP contribution in [-0.4, -0.2) is 25.3 Å². The van der Waals surface area contributed by atoms with Crippen molar-refractivity contribution in [1.82, 2.24) is 5.32 Å². The quantitative estimate of drug-likeness (QED) is 0.752. The van der Waals surface area contributed by atoms with Gasteiger partial charge in [-0.15, -0.1) is 0 Å². The van der Waals surface area contributed by atoms with Crippen LogP contribution in [0.15, 0.2) is 67.3 Å². The number of methoxy groups -OCH3 is 1. The van der Waals surface area contributed by atoms with Crippen LogP contribution < -0.4 is 10.1 Å². The normalized spacial score (nSPS) is 12.7. The van der Waals surface area contributed by atoms with Crippen LogP contribution in [0.1, 0.15) is 24.0 Å². The Labute approximate surface area is 148 Å². The Bertz CT molecular complexity index is 740. The topological polar surface area (TPSA) is 55.4 Å². The largest absolute Gasteiger partial charge is 0.497 e. The maximum atomic E-state index is 12.4. The Hall–Kier alpha value is -2.88. The van der Waals surface area contributed by atoms with Crippen molar-refractivity contribution in [3.05, 3.63) is 78.4 Å². The highest BCUT2D eigenvalue weighted by molar-refractivity contribution is 5.88. The van der Waals surface area contributed by atoms with Crippen molar-refractivity contribution in [2.75, 3.05) is 13.7 Å². The summed E-state index contributed by atoms with van der Waals surface area (Å²) in [6.07, 6.45) is 1.21. The maximum Gasteiger partial charge on any atom is 0.243 e. The summed E-state index contributed by atoms with van der Waals surface area (Å²) >= 11 is 0. The van der Waals surface area contributed by atoms with Gasteiger partial charge < -0.3 is 10.1 Å². The number of carbonyl (C=O) groups is 2. The molecule has 2 unspecified atom stereocenters. The van der Waals surface area contributed by atoms with Gasteiger partial charge in [0.15, 0.2) is 0 Å². The van der Waals surface area contributed by atoms with E-state index in [1.807, 2.05) is 54.6 Å². The SMILES string of the molecule is C=CC(=O)NCC(C(C)=O)C(c1ccccc1)c1cccc(OC)c1. The molecule has 2 rings (SSSR count). The fourth-order valence-electron chi connectivity index (χ4n) is 2.93. The molecule has 0 bridgehead atoms. The van der Waals surface area contributed by atoms with E-state index >= 15 is 0 Å². The third kappa shape index (κ3) is 4.80. The summed E-state index contributed by atoms with van der Waals surface area (Å²) in [4.78, 5) is 24.0. The lowest BCUT2D eigenvalue weighted by molar-refractivity contribution is -0.121. The monoisotopic (exact) mass is 337 g/mol. The van der Waals surface area contributed by atoms with E-state index in [2.05, 4.69) is 11.9 Å². The molecule has 0 aliphatic rings. The average molecular weight is 337 g/mol. The molecule has 0 aromatic heterocycles. The van der Waals surface area contributed by atoms with Gasteiger partial charge in [-0.2, -0.15) is 0 Å². The van der Waals surface area contributed by atoms with Crippen molar-refractivity contribution in [1.29, 1.82) is 0 Å². The van der Waals surface area contributed by atoms with Crippen molar-refractivity contribution in [2.45, 2.75) is 12.8 Å². The number of hydrogen-bond donors (Lipinski definition) is 1. The summed E-state index contributed by atoms with van der Waals surface area (Å²) in [5.41, 5.74) is 1.99. The van der Waals surface area contributed by atoms with Crippen molar-refractivity contribution in [3.63, 3.8) is 0 Å². The minimum absolute atomic E-state index is 0.0148. The summed E-state index contributed by atoms with van der Waals surface area (Å²) in [5.74, 6) is -0.113. The Balaban J connectivity index is 2.46. The predicted molar refractivity (Wildman–Crippen MR) is 98.7 cm³/mol. The van der Waals surface area contributed by atoms with E-state index in [4.69, 9.17) is 4.74 Å². The van der Waals surface area contributed by atoms with Crippen LogP contribution in [0.2, 0.25) is 0 Å². The zero-order valence-corrected chi connectivity index (χ0v) is 14.6. The second kappa shape index (κ2) is 8.83. The Morgan fingerprint density at radius 1 is 1.12 bits per heavy atom. The molecule has 130 valence electrons. The molecule has 25 heavy (non-hydrogen) atoms. The van der Waals surface area contributed by atoms with Crippen LogP contribution in [0.4, 0.5) is 0 Å². The summed E-state index contributed by atoms with van der Waals surface area (Å²) in [6.45, 7) is 5.26. The first-order chi connectivity index (χ1) is 12.1. The van der Waals surface area contributed by atoms with Crippen molar-refractivity contribution in [2.24, 2.45) is 5.92 Å². The minimum Gasteiger partial charge on any atom is -0.497 e. The molecule has 0 radical (unpaired) electrons. The number of hydrogen-bond acceptors (Lipinski definition) is 3. The fraction of sp³-hybridized carbons (Fsp3) is 0.238. The van der Waals surface area contributed by atoms with Crippen LogP contribution in [0.25, 0.3) is 0 Å². The lowest BCUT2D eigenvalue weighted by atomic mass is 9.78. The molecule has 0 aliphatic carbocycles. The van der Waals surface area contributed by atoms with E-state index in [1.165, 1.54) is 6.08 Å². The van der Waals surface area contributed by atoms with E-state index in [-0.39, 0.29) is 24.2 Å². The lowest BCUT2D eigenvalue weighted by Gasteiger charge is -2.27. The van der Waals surface area contributed by atoms with Crippen molar-refractivity contribution in [3.8, 4) is 5.75 Å². The number of ether oxygens (including phenoxy) is 1. The molecule has 0 fully saturated rings. The molecule has 0 aliphatic heterocycles. The number of ketones is 1. The van der Waals surface area contributed by atoms with Gasteiger partial charge in [0, 0.05) is 18.4 Å².